The van der Waals surface area contributed by atoms with Gasteiger partial charge in [0.2, 0.25) is 5.91 Å². The number of carbonyl (C=O) groups excluding carboxylic acids is 1. The van der Waals surface area contributed by atoms with Crippen LogP contribution in [0.15, 0.2) is 18.2 Å². The zero-order valence-electron chi connectivity index (χ0n) is 11.4. The molecular formula is C15H21N3O. The molecule has 1 saturated heterocycles. The molecule has 1 aromatic carbocycles. The monoisotopic (exact) mass is 259 g/mol. The molecule has 2 atom stereocenters. The van der Waals surface area contributed by atoms with E-state index in [-0.39, 0.29) is 5.91 Å². The third-order valence-corrected chi connectivity index (χ3v) is 4.43. The molecule has 2 unspecified atom stereocenters. The Balaban J connectivity index is 1.57. The lowest BCUT2D eigenvalue weighted by molar-refractivity contribution is -0.117. The summed E-state index contributed by atoms with van der Waals surface area (Å²) in [4.78, 5) is 14.4. The van der Waals surface area contributed by atoms with E-state index in [0.717, 1.165) is 29.4 Å². The van der Waals surface area contributed by atoms with Crippen molar-refractivity contribution in [3.05, 3.63) is 23.8 Å². The van der Waals surface area contributed by atoms with Crippen LogP contribution in [0.3, 0.4) is 0 Å². The second kappa shape index (κ2) is 4.85. The Morgan fingerprint density at radius 3 is 2.95 bits per heavy atom. The topological polar surface area (TPSA) is 58.4 Å². The van der Waals surface area contributed by atoms with E-state index in [2.05, 4.69) is 10.2 Å². The molecule has 0 spiro atoms. The van der Waals surface area contributed by atoms with Gasteiger partial charge in [-0.1, -0.05) is 6.07 Å². The Morgan fingerprint density at radius 1 is 1.47 bits per heavy atom. The molecule has 4 heteroatoms. The van der Waals surface area contributed by atoms with Crippen molar-refractivity contribution in [3.63, 3.8) is 0 Å². The number of piperidine rings is 1. The number of nitrogens with one attached hydrogen (secondary N) is 1. The minimum Gasteiger partial charge on any atom is -0.398 e. The molecule has 1 amide bonds. The highest BCUT2D eigenvalue weighted by molar-refractivity contribution is 5.92. The first-order chi connectivity index (χ1) is 9.11. The lowest BCUT2D eigenvalue weighted by Crippen LogP contribution is -2.38. The van der Waals surface area contributed by atoms with E-state index in [9.17, 15) is 4.79 Å². The van der Waals surface area contributed by atoms with Crippen LogP contribution in [0.5, 0.6) is 0 Å². The van der Waals surface area contributed by atoms with Gasteiger partial charge in [-0.25, -0.2) is 0 Å². The largest absolute Gasteiger partial charge is 0.398 e. The summed E-state index contributed by atoms with van der Waals surface area (Å²) in [6, 6.07) is 6.30. The van der Waals surface area contributed by atoms with Gasteiger partial charge < -0.3 is 11.1 Å². The van der Waals surface area contributed by atoms with Crippen LogP contribution in [0.1, 0.15) is 24.8 Å². The molecule has 19 heavy (non-hydrogen) atoms. The van der Waals surface area contributed by atoms with Crippen LogP contribution >= 0.6 is 0 Å². The predicted molar refractivity (Wildman–Crippen MR) is 76.9 cm³/mol. The van der Waals surface area contributed by atoms with Crippen LogP contribution < -0.4 is 11.1 Å². The summed E-state index contributed by atoms with van der Waals surface area (Å²) >= 11 is 0. The number of nitrogen functional groups attached to an aromatic ring is 1. The quantitative estimate of drug-likeness (QED) is 0.816. The number of carbonyl (C=O) groups is 1. The number of benzene rings is 1. The van der Waals surface area contributed by atoms with Crippen molar-refractivity contribution >= 4 is 17.3 Å². The number of amides is 1. The van der Waals surface area contributed by atoms with E-state index in [1.54, 1.807) is 0 Å². The van der Waals surface area contributed by atoms with Crippen molar-refractivity contribution in [2.75, 3.05) is 24.1 Å². The van der Waals surface area contributed by atoms with Crippen molar-refractivity contribution < 1.29 is 4.79 Å². The fraction of sp³-hybridized carbons (Fsp3) is 0.533. The molecule has 3 N–H and O–H groups in total. The Morgan fingerprint density at radius 2 is 2.32 bits per heavy atom. The molecule has 1 heterocycles. The van der Waals surface area contributed by atoms with Gasteiger partial charge in [0.25, 0.3) is 0 Å². The number of anilines is 2. The highest BCUT2D eigenvalue weighted by Crippen LogP contribution is 2.36. The first-order valence-corrected chi connectivity index (χ1v) is 7.02. The molecular weight excluding hydrogens is 238 g/mol. The fourth-order valence-corrected chi connectivity index (χ4v) is 3.32. The molecule has 1 aliphatic heterocycles. The summed E-state index contributed by atoms with van der Waals surface area (Å²) in [7, 11) is 0. The summed E-state index contributed by atoms with van der Waals surface area (Å²) in [5, 5.41) is 2.94. The molecule has 1 saturated carbocycles. The lowest BCUT2D eigenvalue weighted by Gasteiger charge is -2.25. The van der Waals surface area contributed by atoms with Crippen molar-refractivity contribution in [2.45, 2.75) is 32.2 Å². The van der Waals surface area contributed by atoms with Gasteiger partial charge in [0.1, 0.15) is 0 Å². The number of hydrogen-bond donors (Lipinski definition) is 2. The molecule has 102 valence electrons. The van der Waals surface area contributed by atoms with Crippen molar-refractivity contribution in [2.24, 2.45) is 5.92 Å². The van der Waals surface area contributed by atoms with E-state index < -0.39 is 0 Å². The molecule has 4 nitrogen and oxygen atoms in total. The Labute approximate surface area is 114 Å². The first kappa shape index (κ1) is 12.5. The zero-order valence-corrected chi connectivity index (χ0v) is 11.4. The zero-order chi connectivity index (χ0) is 13.4. The molecule has 0 aromatic heterocycles. The third kappa shape index (κ3) is 2.59. The minimum absolute atomic E-state index is 0.0656. The van der Waals surface area contributed by atoms with Gasteiger partial charge in [-0.05, 0) is 49.8 Å². The van der Waals surface area contributed by atoms with Crippen LogP contribution in [0, 0.1) is 12.8 Å². The number of nitrogens with zero attached hydrogens (tertiary/aromatic N) is 1. The summed E-state index contributed by atoms with van der Waals surface area (Å²) in [5.41, 5.74) is 8.39. The minimum atomic E-state index is 0.0656. The number of fused-ring (bicyclic) bond motifs is 2. The average molecular weight is 259 g/mol. The van der Waals surface area contributed by atoms with Gasteiger partial charge in [0, 0.05) is 24.0 Å². The standard InChI is InChI=1S/C15H21N3O/c1-10-2-4-12(7-14(10)16)17-15(19)9-18-8-11-3-5-13(18)6-11/h2,4,7,11,13H,3,5-6,8-9,16H2,1H3,(H,17,19). The normalized spacial score (nSPS) is 25.7. The third-order valence-electron chi connectivity index (χ3n) is 4.43. The van der Waals surface area contributed by atoms with Crippen molar-refractivity contribution in [1.82, 2.24) is 4.90 Å². The SMILES string of the molecule is Cc1ccc(NC(=O)CN2CC3CCC2C3)cc1N. The van der Waals surface area contributed by atoms with E-state index in [1.807, 2.05) is 25.1 Å². The summed E-state index contributed by atoms with van der Waals surface area (Å²) in [5.74, 6) is 0.892. The highest BCUT2D eigenvalue weighted by Gasteiger charge is 2.38. The molecule has 2 fully saturated rings. The number of aryl methyl sites for hydroxylation is 1. The highest BCUT2D eigenvalue weighted by atomic mass is 16.2. The summed E-state index contributed by atoms with van der Waals surface area (Å²) in [6.07, 6.45) is 3.89. The number of rotatable bonds is 3. The van der Waals surface area contributed by atoms with Crippen LogP contribution in [-0.2, 0) is 4.79 Å². The van der Waals surface area contributed by atoms with Gasteiger partial charge in [-0.15, -0.1) is 0 Å². The summed E-state index contributed by atoms with van der Waals surface area (Å²) < 4.78 is 0. The number of likely N-dealkylation sites (tertiary alicyclic amines) is 1. The predicted octanol–water partition coefficient (Wildman–Crippen LogP) is 2.00. The van der Waals surface area contributed by atoms with Crippen LogP contribution in [0.4, 0.5) is 11.4 Å². The van der Waals surface area contributed by atoms with Crippen molar-refractivity contribution in [3.8, 4) is 0 Å². The molecule has 1 aromatic rings. The van der Waals surface area contributed by atoms with Gasteiger partial charge in [0.15, 0.2) is 0 Å². The van der Waals surface area contributed by atoms with E-state index in [1.165, 1.54) is 19.3 Å². The molecule has 2 aliphatic rings. The van der Waals surface area contributed by atoms with Crippen LogP contribution in [0.25, 0.3) is 0 Å². The smallest absolute Gasteiger partial charge is 0.238 e. The van der Waals surface area contributed by atoms with Gasteiger partial charge in [-0.3, -0.25) is 9.69 Å². The average Bonchev–Trinajstić information content (AvgIpc) is 2.96. The second-order valence-electron chi connectivity index (χ2n) is 5.88. The Kier molecular flexibility index (Phi) is 3.19. The molecule has 0 radical (unpaired) electrons. The maximum atomic E-state index is 12.0. The Bertz CT molecular complexity index is 500. The maximum Gasteiger partial charge on any atom is 0.238 e. The van der Waals surface area contributed by atoms with Crippen LogP contribution in [-0.4, -0.2) is 29.9 Å². The van der Waals surface area contributed by atoms with E-state index >= 15 is 0 Å². The van der Waals surface area contributed by atoms with E-state index in [4.69, 9.17) is 5.73 Å². The Hall–Kier alpha value is -1.55. The first-order valence-electron chi connectivity index (χ1n) is 7.02. The maximum absolute atomic E-state index is 12.0. The lowest BCUT2D eigenvalue weighted by atomic mass is 10.1. The van der Waals surface area contributed by atoms with Gasteiger partial charge in [0.05, 0.1) is 6.54 Å². The second-order valence-corrected chi connectivity index (χ2v) is 5.88. The molecule has 1 aliphatic carbocycles. The van der Waals surface area contributed by atoms with Gasteiger partial charge in [-0.2, -0.15) is 0 Å². The number of hydrogen-bond acceptors (Lipinski definition) is 3. The van der Waals surface area contributed by atoms with E-state index in [0.29, 0.717) is 12.6 Å². The molecule has 3 rings (SSSR count). The van der Waals surface area contributed by atoms with Crippen LogP contribution in [0.2, 0.25) is 0 Å². The van der Waals surface area contributed by atoms with Gasteiger partial charge >= 0.3 is 0 Å². The number of nitrogens with two attached hydrogens (primary N) is 1. The summed E-state index contributed by atoms with van der Waals surface area (Å²) in [6.45, 7) is 3.56. The van der Waals surface area contributed by atoms with Crippen molar-refractivity contribution in [1.29, 1.82) is 0 Å². The fourth-order valence-electron chi connectivity index (χ4n) is 3.32. The molecule has 2 bridgehead atoms.